The topological polar surface area (TPSA) is 37.8 Å². The van der Waals surface area contributed by atoms with Gasteiger partial charge in [-0.25, -0.2) is 14.4 Å². The highest BCUT2D eigenvalue weighted by Crippen LogP contribution is 2.21. The van der Waals surface area contributed by atoms with Crippen LogP contribution in [0.4, 0.5) is 10.3 Å². The van der Waals surface area contributed by atoms with Gasteiger partial charge in [0.15, 0.2) is 0 Å². The van der Waals surface area contributed by atoms with Gasteiger partial charge in [-0.05, 0) is 43.7 Å². The molecule has 3 nitrogen and oxygen atoms in total. The Hall–Kier alpha value is -1.97. The van der Waals surface area contributed by atoms with Crippen molar-refractivity contribution in [3.8, 4) is 11.3 Å². The molecule has 0 aliphatic heterocycles. The van der Waals surface area contributed by atoms with Gasteiger partial charge in [-0.3, -0.25) is 0 Å². The molecule has 0 unspecified atom stereocenters. The van der Waals surface area contributed by atoms with Crippen LogP contribution in [0.2, 0.25) is 0 Å². The van der Waals surface area contributed by atoms with Crippen molar-refractivity contribution in [1.29, 1.82) is 0 Å². The Labute approximate surface area is 99.7 Å². The largest absolute Gasteiger partial charge is 0.357 e. The highest BCUT2D eigenvalue weighted by Gasteiger charge is 2.05. The summed E-state index contributed by atoms with van der Waals surface area (Å²) < 4.78 is 13.3. The number of hydrogen-bond acceptors (Lipinski definition) is 3. The van der Waals surface area contributed by atoms with Crippen molar-refractivity contribution in [3.05, 3.63) is 41.3 Å². The molecule has 2 aromatic rings. The van der Waals surface area contributed by atoms with Gasteiger partial charge in [0.1, 0.15) is 5.82 Å². The van der Waals surface area contributed by atoms with Gasteiger partial charge in [0.25, 0.3) is 0 Å². The zero-order valence-corrected chi connectivity index (χ0v) is 10.1. The average molecular weight is 231 g/mol. The molecule has 1 aromatic carbocycles. The fourth-order valence-electron chi connectivity index (χ4n) is 1.71. The van der Waals surface area contributed by atoms with Crippen LogP contribution < -0.4 is 5.32 Å². The van der Waals surface area contributed by atoms with Crippen LogP contribution in [0, 0.1) is 19.7 Å². The lowest BCUT2D eigenvalue weighted by atomic mass is 10.1. The van der Waals surface area contributed by atoms with Crippen LogP contribution in [0.3, 0.4) is 0 Å². The summed E-state index contributed by atoms with van der Waals surface area (Å²) in [7, 11) is 1.76. The minimum absolute atomic E-state index is 0.248. The SMILES string of the molecule is CNc1nc(C)cc(-c2cc(C)cc(F)c2)n1. The second kappa shape index (κ2) is 4.49. The van der Waals surface area contributed by atoms with E-state index < -0.39 is 0 Å². The van der Waals surface area contributed by atoms with Crippen LogP contribution in [-0.2, 0) is 0 Å². The third-order valence-electron chi connectivity index (χ3n) is 2.42. The highest BCUT2D eigenvalue weighted by molar-refractivity contribution is 5.61. The number of nitrogens with one attached hydrogen (secondary N) is 1. The first-order chi connectivity index (χ1) is 8.08. The number of anilines is 1. The first-order valence-electron chi connectivity index (χ1n) is 5.39. The van der Waals surface area contributed by atoms with E-state index in [0.717, 1.165) is 22.5 Å². The van der Waals surface area contributed by atoms with Gasteiger partial charge in [0, 0.05) is 18.3 Å². The fourth-order valence-corrected chi connectivity index (χ4v) is 1.71. The van der Waals surface area contributed by atoms with Crippen molar-refractivity contribution in [1.82, 2.24) is 9.97 Å². The molecule has 17 heavy (non-hydrogen) atoms. The molecule has 2 rings (SSSR count). The van der Waals surface area contributed by atoms with Gasteiger partial charge in [0.05, 0.1) is 5.69 Å². The lowest BCUT2D eigenvalue weighted by Crippen LogP contribution is -1.99. The van der Waals surface area contributed by atoms with Gasteiger partial charge in [-0.2, -0.15) is 0 Å². The van der Waals surface area contributed by atoms with Crippen LogP contribution in [0.5, 0.6) is 0 Å². The lowest BCUT2D eigenvalue weighted by molar-refractivity contribution is 0.627. The zero-order valence-electron chi connectivity index (χ0n) is 10.1. The fraction of sp³-hybridized carbons (Fsp3) is 0.231. The van der Waals surface area contributed by atoms with Crippen LogP contribution in [0.15, 0.2) is 24.3 Å². The van der Waals surface area contributed by atoms with Crippen LogP contribution >= 0.6 is 0 Å². The standard InChI is InChI=1S/C13H14FN3/c1-8-4-10(7-11(14)5-8)12-6-9(2)16-13(15-3)17-12/h4-7H,1-3H3,(H,15,16,17). The summed E-state index contributed by atoms with van der Waals surface area (Å²) >= 11 is 0. The number of hydrogen-bond donors (Lipinski definition) is 1. The number of aryl methyl sites for hydroxylation is 2. The molecule has 0 saturated heterocycles. The lowest BCUT2D eigenvalue weighted by Gasteiger charge is -2.06. The smallest absolute Gasteiger partial charge is 0.223 e. The Kier molecular flexibility index (Phi) is 3.04. The predicted molar refractivity (Wildman–Crippen MR) is 66.4 cm³/mol. The third-order valence-corrected chi connectivity index (χ3v) is 2.42. The van der Waals surface area contributed by atoms with E-state index in [9.17, 15) is 4.39 Å². The molecule has 0 saturated carbocycles. The Morgan fingerprint density at radius 3 is 2.47 bits per heavy atom. The molecule has 0 amide bonds. The highest BCUT2D eigenvalue weighted by atomic mass is 19.1. The Balaban J connectivity index is 2.55. The molecule has 0 radical (unpaired) electrons. The molecular formula is C13H14FN3. The van der Waals surface area contributed by atoms with Crippen molar-refractivity contribution in [2.45, 2.75) is 13.8 Å². The molecule has 4 heteroatoms. The Morgan fingerprint density at radius 1 is 1.06 bits per heavy atom. The number of aromatic nitrogens is 2. The second-order valence-electron chi connectivity index (χ2n) is 3.99. The van der Waals surface area contributed by atoms with E-state index in [4.69, 9.17) is 0 Å². The van der Waals surface area contributed by atoms with E-state index in [1.54, 1.807) is 7.05 Å². The quantitative estimate of drug-likeness (QED) is 0.863. The maximum absolute atomic E-state index is 13.3. The van der Waals surface area contributed by atoms with Crippen molar-refractivity contribution >= 4 is 5.95 Å². The van der Waals surface area contributed by atoms with E-state index in [2.05, 4.69) is 15.3 Å². The summed E-state index contributed by atoms with van der Waals surface area (Å²) in [5.41, 5.74) is 3.22. The van der Waals surface area contributed by atoms with Crippen LogP contribution in [0.25, 0.3) is 11.3 Å². The van der Waals surface area contributed by atoms with E-state index in [1.807, 2.05) is 26.0 Å². The molecule has 0 aliphatic carbocycles. The summed E-state index contributed by atoms with van der Waals surface area (Å²) in [6.45, 7) is 3.75. The molecule has 1 heterocycles. The molecule has 0 bridgehead atoms. The van der Waals surface area contributed by atoms with E-state index in [-0.39, 0.29) is 5.82 Å². The van der Waals surface area contributed by atoms with Crippen molar-refractivity contribution < 1.29 is 4.39 Å². The minimum Gasteiger partial charge on any atom is -0.357 e. The Bertz CT molecular complexity index is 532. The van der Waals surface area contributed by atoms with Gasteiger partial charge in [-0.1, -0.05) is 0 Å². The zero-order chi connectivity index (χ0) is 12.4. The van der Waals surface area contributed by atoms with E-state index >= 15 is 0 Å². The first kappa shape index (κ1) is 11.5. The van der Waals surface area contributed by atoms with Gasteiger partial charge in [0.2, 0.25) is 5.95 Å². The normalized spacial score (nSPS) is 10.4. The molecular weight excluding hydrogens is 217 g/mol. The molecule has 1 N–H and O–H groups in total. The summed E-state index contributed by atoms with van der Waals surface area (Å²) in [5, 5.41) is 2.89. The van der Waals surface area contributed by atoms with Gasteiger partial charge < -0.3 is 5.32 Å². The second-order valence-corrected chi connectivity index (χ2v) is 3.99. The average Bonchev–Trinajstić information content (AvgIpc) is 2.26. The monoisotopic (exact) mass is 231 g/mol. The number of nitrogens with zero attached hydrogens (tertiary/aromatic N) is 2. The molecule has 0 spiro atoms. The van der Waals surface area contributed by atoms with Crippen LogP contribution in [0.1, 0.15) is 11.3 Å². The number of rotatable bonds is 2. The Morgan fingerprint density at radius 2 is 1.82 bits per heavy atom. The van der Waals surface area contributed by atoms with Crippen molar-refractivity contribution in [2.24, 2.45) is 0 Å². The predicted octanol–water partition coefficient (Wildman–Crippen LogP) is 2.94. The van der Waals surface area contributed by atoms with Gasteiger partial charge >= 0.3 is 0 Å². The van der Waals surface area contributed by atoms with E-state index in [0.29, 0.717) is 5.95 Å². The van der Waals surface area contributed by atoms with Crippen LogP contribution in [-0.4, -0.2) is 17.0 Å². The summed E-state index contributed by atoms with van der Waals surface area (Å²) in [4.78, 5) is 8.52. The first-order valence-corrected chi connectivity index (χ1v) is 5.39. The van der Waals surface area contributed by atoms with E-state index in [1.165, 1.54) is 12.1 Å². The minimum atomic E-state index is -0.248. The maximum Gasteiger partial charge on any atom is 0.223 e. The maximum atomic E-state index is 13.3. The molecule has 0 fully saturated rings. The van der Waals surface area contributed by atoms with Crippen molar-refractivity contribution in [3.63, 3.8) is 0 Å². The third kappa shape index (κ3) is 2.58. The number of halogens is 1. The molecule has 0 atom stereocenters. The molecule has 88 valence electrons. The molecule has 0 aliphatic rings. The van der Waals surface area contributed by atoms with Gasteiger partial charge in [-0.15, -0.1) is 0 Å². The molecule has 1 aromatic heterocycles. The number of benzene rings is 1. The summed E-state index contributed by atoms with van der Waals surface area (Å²) in [6, 6.07) is 6.73. The summed E-state index contributed by atoms with van der Waals surface area (Å²) in [5.74, 6) is 0.296. The summed E-state index contributed by atoms with van der Waals surface area (Å²) in [6.07, 6.45) is 0. The van der Waals surface area contributed by atoms with Crippen molar-refractivity contribution in [2.75, 3.05) is 12.4 Å².